The van der Waals surface area contributed by atoms with Crippen molar-refractivity contribution >= 4 is 17.3 Å². The van der Waals surface area contributed by atoms with Gasteiger partial charge in [0.1, 0.15) is 5.82 Å². The fourth-order valence-corrected chi connectivity index (χ4v) is 1.40. The van der Waals surface area contributed by atoms with Crippen molar-refractivity contribution in [2.45, 2.75) is 6.92 Å². The highest BCUT2D eigenvalue weighted by Gasteiger charge is 2.04. The third-order valence-corrected chi connectivity index (χ3v) is 2.17. The molecule has 0 saturated heterocycles. The Morgan fingerprint density at radius 1 is 1.31 bits per heavy atom. The van der Waals surface area contributed by atoms with Crippen LogP contribution in [-0.2, 0) is 0 Å². The maximum Gasteiger partial charge on any atom is 0.222 e. The van der Waals surface area contributed by atoms with Crippen LogP contribution < -0.4 is 10.5 Å². The van der Waals surface area contributed by atoms with E-state index in [4.69, 9.17) is 22.1 Å². The predicted octanol–water partition coefficient (Wildman–Crippen LogP) is 2.81. The molecule has 82 valence electrons. The van der Waals surface area contributed by atoms with Crippen molar-refractivity contribution in [1.82, 2.24) is 9.97 Å². The first-order chi connectivity index (χ1) is 7.65. The van der Waals surface area contributed by atoms with Crippen LogP contribution in [0.5, 0.6) is 11.6 Å². The minimum Gasteiger partial charge on any atom is -0.437 e. The summed E-state index contributed by atoms with van der Waals surface area (Å²) in [6.07, 6.45) is 1.63. The number of ether oxygens (including phenoxy) is 1. The number of halogens is 1. The molecule has 2 rings (SSSR count). The summed E-state index contributed by atoms with van der Waals surface area (Å²) in [7, 11) is 0. The average molecular weight is 236 g/mol. The fraction of sp³-hybridized carbons (Fsp3) is 0.0909. The van der Waals surface area contributed by atoms with E-state index in [1.54, 1.807) is 37.4 Å². The molecule has 1 aromatic carbocycles. The number of hydrogen-bond donors (Lipinski definition) is 1. The van der Waals surface area contributed by atoms with Gasteiger partial charge in [0.25, 0.3) is 0 Å². The van der Waals surface area contributed by atoms with Crippen LogP contribution in [0.25, 0.3) is 0 Å². The van der Waals surface area contributed by atoms with E-state index in [1.807, 2.05) is 0 Å². The van der Waals surface area contributed by atoms with Crippen LogP contribution in [0.1, 0.15) is 5.82 Å². The highest BCUT2D eigenvalue weighted by molar-refractivity contribution is 6.30. The van der Waals surface area contributed by atoms with Crippen LogP contribution in [-0.4, -0.2) is 9.97 Å². The van der Waals surface area contributed by atoms with Crippen molar-refractivity contribution in [1.29, 1.82) is 0 Å². The lowest BCUT2D eigenvalue weighted by Crippen LogP contribution is -1.95. The molecule has 0 amide bonds. The van der Waals surface area contributed by atoms with Crippen molar-refractivity contribution in [3.63, 3.8) is 0 Å². The SMILES string of the molecule is Cc1nccc(Oc2ccc(Cl)cc2N)n1. The number of nitrogens with two attached hydrogens (primary N) is 1. The quantitative estimate of drug-likeness (QED) is 0.813. The summed E-state index contributed by atoms with van der Waals surface area (Å²) in [4.78, 5) is 8.08. The summed E-state index contributed by atoms with van der Waals surface area (Å²) < 4.78 is 5.51. The molecule has 0 saturated carbocycles. The molecule has 0 bridgehead atoms. The van der Waals surface area contributed by atoms with Crippen LogP contribution in [0.3, 0.4) is 0 Å². The summed E-state index contributed by atoms with van der Waals surface area (Å²) in [6.45, 7) is 1.79. The van der Waals surface area contributed by atoms with Gasteiger partial charge in [0.05, 0.1) is 5.69 Å². The monoisotopic (exact) mass is 235 g/mol. The number of benzene rings is 1. The summed E-state index contributed by atoms with van der Waals surface area (Å²) in [5, 5.41) is 0.573. The van der Waals surface area contributed by atoms with Crippen LogP contribution in [0, 0.1) is 6.92 Å². The minimum atomic E-state index is 0.460. The van der Waals surface area contributed by atoms with Crippen LogP contribution in [0.4, 0.5) is 5.69 Å². The fourth-order valence-electron chi connectivity index (χ4n) is 1.22. The Morgan fingerprint density at radius 2 is 2.12 bits per heavy atom. The van der Waals surface area contributed by atoms with E-state index in [9.17, 15) is 0 Å². The van der Waals surface area contributed by atoms with E-state index in [2.05, 4.69) is 9.97 Å². The Balaban J connectivity index is 2.27. The topological polar surface area (TPSA) is 61.0 Å². The molecular weight excluding hydrogens is 226 g/mol. The molecule has 0 atom stereocenters. The van der Waals surface area contributed by atoms with Crippen molar-refractivity contribution in [3.05, 3.63) is 41.3 Å². The average Bonchev–Trinajstić information content (AvgIpc) is 2.22. The molecule has 2 aromatic rings. The highest BCUT2D eigenvalue weighted by atomic mass is 35.5. The first-order valence-corrected chi connectivity index (χ1v) is 5.05. The van der Waals surface area contributed by atoms with Gasteiger partial charge in [-0.15, -0.1) is 0 Å². The van der Waals surface area contributed by atoms with Gasteiger partial charge in [-0.25, -0.2) is 4.98 Å². The zero-order valence-electron chi connectivity index (χ0n) is 8.64. The molecule has 0 aliphatic rings. The number of anilines is 1. The van der Waals surface area contributed by atoms with Gasteiger partial charge in [-0.1, -0.05) is 11.6 Å². The third-order valence-electron chi connectivity index (χ3n) is 1.94. The van der Waals surface area contributed by atoms with Crippen LogP contribution in [0.2, 0.25) is 5.02 Å². The molecule has 0 radical (unpaired) electrons. The van der Waals surface area contributed by atoms with Gasteiger partial charge < -0.3 is 10.5 Å². The summed E-state index contributed by atoms with van der Waals surface area (Å²) in [6, 6.07) is 6.71. The minimum absolute atomic E-state index is 0.460. The van der Waals surface area contributed by atoms with Crippen molar-refractivity contribution in [2.75, 3.05) is 5.73 Å². The molecule has 2 N–H and O–H groups in total. The van der Waals surface area contributed by atoms with E-state index in [0.29, 0.717) is 28.2 Å². The Morgan fingerprint density at radius 3 is 2.81 bits per heavy atom. The lowest BCUT2D eigenvalue weighted by atomic mass is 10.3. The smallest absolute Gasteiger partial charge is 0.222 e. The van der Waals surface area contributed by atoms with E-state index in [1.165, 1.54) is 0 Å². The van der Waals surface area contributed by atoms with Crippen LogP contribution >= 0.6 is 11.6 Å². The lowest BCUT2D eigenvalue weighted by molar-refractivity contribution is 0.462. The zero-order valence-corrected chi connectivity index (χ0v) is 9.40. The molecular formula is C11H10ClN3O. The second kappa shape index (κ2) is 4.37. The Kier molecular flexibility index (Phi) is 2.92. The van der Waals surface area contributed by atoms with Gasteiger partial charge in [-0.2, -0.15) is 4.98 Å². The number of aromatic nitrogens is 2. The number of aryl methyl sites for hydroxylation is 1. The number of hydrogen-bond acceptors (Lipinski definition) is 4. The predicted molar refractivity (Wildman–Crippen MR) is 62.7 cm³/mol. The molecule has 1 aromatic heterocycles. The standard InChI is InChI=1S/C11H10ClN3O/c1-7-14-5-4-11(15-7)16-10-3-2-8(12)6-9(10)13/h2-6H,13H2,1H3. The van der Waals surface area contributed by atoms with E-state index in [0.717, 1.165) is 0 Å². The maximum absolute atomic E-state index is 5.78. The van der Waals surface area contributed by atoms with Gasteiger partial charge in [0, 0.05) is 17.3 Å². The van der Waals surface area contributed by atoms with Crippen LogP contribution in [0.15, 0.2) is 30.5 Å². The lowest BCUT2D eigenvalue weighted by Gasteiger charge is -2.07. The van der Waals surface area contributed by atoms with Gasteiger partial charge in [-0.05, 0) is 25.1 Å². The molecule has 0 unspecified atom stereocenters. The Labute approximate surface area is 98.0 Å². The first-order valence-electron chi connectivity index (χ1n) is 4.67. The molecule has 0 aliphatic carbocycles. The summed E-state index contributed by atoms with van der Waals surface area (Å²) in [5.74, 6) is 1.63. The first kappa shape index (κ1) is 10.7. The van der Waals surface area contributed by atoms with Gasteiger partial charge in [0.2, 0.25) is 5.88 Å². The van der Waals surface area contributed by atoms with E-state index < -0.39 is 0 Å². The summed E-state index contributed by atoms with van der Waals surface area (Å²) in [5.41, 5.74) is 6.23. The second-order valence-corrected chi connectivity index (χ2v) is 3.66. The highest BCUT2D eigenvalue weighted by Crippen LogP contribution is 2.28. The molecule has 4 nitrogen and oxygen atoms in total. The zero-order chi connectivity index (χ0) is 11.5. The molecule has 0 spiro atoms. The van der Waals surface area contributed by atoms with Gasteiger partial charge in [0.15, 0.2) is 5.75 Å². The number of nitrogen functional groups attached to an aromatic ring is 1. The largest absolute Gasteiger partial charge is 0.437 e. The normalized spacial score (nSPS) is 10.1. The second-order valence-electron chi connectivity index (χ2n) is 3.23. The maximum atomic E-state index is 5.78. The number of nitrogens with zero attached hydrogens (tertiary/aromatic N) is 2. The number of rotatable bonds is 2. The molecule has 0 fully saturated rings. The van der Waals surface area contributed by atoms with Gasteiger partial charge in [-0.3, -0.25) is 0 Å². The van der Waals surface area contributed by atoms with Gasteiger partial charge >= 0.3 is 0 Å². The van der Waals surface area contributed by atoms with Crippen molar-refractivity contribution in [2.24, 2.45) is 0 Å². The molecule has 0 aliphatic heterocycles. The summed E-state index contributed by atoms with van der Waals surface area (Å²) >= 11 is 5.78. The Bertz CT molecular complexity index is 516. The van der Waals surface area contributed by atoms with Crippen molar-refractivity contribution in [3.8, 4) is 11.6 Å². The van der Waals surface area contributed by atoms with Crippen molar-refractivity contribution < 1.29 is 4.74 Å². The molecule has 1 heterocycles. The third kappa shape index (κ3) is 2.41. The Hall–Kier alpha value is -1.81. The van der Waals surface area contributed by atoms with E-state index in [-0.39, 0.29) is 0 Å². The molecule has 16 heavy (non-hydrogen) atoms. The van der Waals surface area contributed by atoms with E-state index >= 15 is 0 Å². The molecule has 5 heteroatoms.